The summed E-state index contributed by atoms with van der Waals surface area (Å²) in [5.41, 5.74) is 0. The van der Waals surface area contributed by atoms with Gasteiger partial charge in [0.1, 0.15) is 4.21 Å². The topological polar surface area (TPSA) is 67.4 Å². The van der Waals surface area contributed by atoms with E-state index >= 15 is 0 Å². The standard InChI is InChI=1S/C14H22N2O3S2/c17-21(18,16-8-11-2-1-7-19-10-11)14-6-5-13(20-14)9-15-12-3-4-12/h5-6,11-12,15-16H,1-4,7-10H2. The Hall–Kier alpha value is -0.470. The summed E-state index contributed by atoms with van der Waals surface area (Å²) >= 11 is 1.35. The van der Waals surface area contributed by atoms with Crippen LogP contribution in [-0.4, -0.2) is 34.2 Å². The summed E-state index contributed by atoms with van der Waals surface area (Å²) in [6.45, 7) is 2.69. The molecule has 0 amide bonds. The van der Waals surface area contributed by atoms with E-state index in [-0.39, 0.29) is 0 Å². The van der Waals surface area contributed by atoms with Gasteiger partial charge in [0.25, 0.3) is 0 Å². The number of sulfonamides is 1. The van der Waals surface area contributed by atoms with E-state index in [2.05, 4.69) is 10.0 Å². The molecule has 118 valence electrons. The lowest BCUT2D eigenvalue weighted by molar-refractivity contribution is 0.0568. The van der Waals surface area contributed by atoms with E-state index in [4.69, 9.17) is 4.74 Å². The van der Waals surface area contributed by atoms with Crippen molar-refractivity contribution in [3.05, 3.63) is 17.0 Å². The molecule has 2 heterocycles. The molecule has 7 heteroatoms. The van der Waals surface area contributed by atoms with E-state index in [0.717, 1.165) is 30.9 Å². The summed E-state index contributed by atoms with van der Waals surface area (Å²) in [6.07, 6.45) is 4.52. The van der Waals surface area contributed by atoms with Crippen molar-refractivity contribution in [2.45, 2.75) is 42.5 Å². The van der Waals surface area contributed by atoms with E-state index in [1.165, 1.54) is 24.2 Å². The number of hydrogen-bond donors (Lipinski definition) is 2. The molecule has 1 aliphatic heterocycles. The molecule has 1 saturated heterocycles. The molecule has 2 aliphatic rings. The summed E-state index contributed by atoms with van der Waals surface area (Å²) in [5, 5.41) is 3.40. The van der Waals surface area contributed by atoms with Crippen molar-refractivity contribution < 1.29 is 13.2 Å². The first-order valence-corrected chi connectivity index (χ1v) is 9.83. The molecule has 1 unspecified atom stereocenters. The van der Waals surface area contributed by atoms with Gasteiger partial charge in [-0.2, -0.15) is 0 Å². The first-order valence-electron chi connectivity index (χ1n) is 7.53. The maximum absolute atomic E-state index is 12.3. The predicted octanol–water partition coefficient (Wildman–Crippen LogP) is 1.70. The Morgan fingerprint density at radius 3 is 2.86 bits per heavy atom. The van der Waals surface area contributed by atoms with Gasteiger partial charge in [-0.3, -0.25) is 0 Å². The average Bonchev–Trinajstić information content (AvgIpc) is 3.20. The van der Waals surface area contributed by atoms with Crippen LogP contribution in [0.5, 0.6) is 0 Å². The molecule has 5 nitrogen and oxygen atoms in total. The molecule has 1 saturated carbocycles. The lowest BCUT2D eigenvalue weighted by atomic mass is 10.0. The van der Waals surface area contributed by atoms with Gasteiger partial charge >= 0.3 is 0 Å². The third-order valence-electron chi connectivity index (χ3n) is 3.86. The fourth-order valence-corrected chi connectivity index (χ4v) is 4.86. The maximum Gasteiger partial charge on any atom is 0.250 e. The summed E-state index contributed by atoms with van der Waals surface area (Å²) in [4.78, 5) is 1.07. The number of nitrogens with one attached hydrogen (secondary N) is 2. The normalized spacial score (nSPS) is 23.3. The second-order valence-electron chi connectivity index (χ2n) is 5.81. The number of rotatable bonds is 7. The minimum absolute atomic E-state index is 0.296. The molecule has 0 bridgehead atoms. The lowest BCUT2D eigenvalue weighted by Crippen LogP contribution is -2.32. The Kier molecular flexibility index (Phi) is 4.96. The van der Waals surface area contributed by atoms with E-state index in [1.54, 1.807) is 6.07 Å². The fraction of sp³-hybridized carbons (Fsp3) is 0.714. The smallest absolute Gasteiger partial charge is 0.250 e. The van der Waals surface area contributed by atoms with Crippen molar-refractivity contribution in [1.82, 2.24) is 10.0 Å². The molecule has 2 N–H and O–H groups in total. The number of ether oxygens (including phenoxy) is 1. The zero-order valence-corrected chi connectivity index (χ0v) is 13.6. The summed E-state index contributed by atoms with van der Waals surface area (Å²) in [7, 11) is -3.38. The monoisotopic (exact) mass is 330 g/mol. The van der Waals surface area contributed by atoms with Gasteiger partial charge in [0.2, 0.25) is 10.0 Å². The molecule has 3 rings (SSSR count). The van der Waals surface area contributed by atoms with Crippen molar-refractivity contribution in [3.63, 3.8) is 0 Å². The highest BCUT2D eigenvalue weighted by molar-refractivity contribution is 7.91. The van der Waals surface area contributed by atoms with Crippen LogP contribution in [0.15, 0.2) is 16.3 Å². The molecular formula is C14H22N2O3S2. The molecule has 0 spiro atoms. The van der Waals surface area contributed by atoms with Crippen molar-refractivity contribution in [2.24, 2.45) is 5.92 Å². The van der Waals surface area contributed by atoms with Crippen molar-refractivity contribution in [2.75, 3.05) is 19.8 Å². The highest BCUT2D eigenvalue weighted by Crippen LogP contribution is 2.24. The zero-order chi connectivity index (χ0) is 14.7. The predicted molar refractivity (Wildman–Crippen MR) is 82.9 cm³/mol. The third kappa shape index (κ3) is 4.50. The number of thiophene rings is 1. The van der Waals surface area contributed by atoms with Gasteiger partial charge in [-0.1, -0.05) is 0 Å². The van der Waals surface area contributed by atoms with Gasteiger partial charge in [-0.25, -0.2) is 13.1 Å². The van der Waals surface area contributed by atoms with Gasteiger partial charge in [-0.15, -0.1) is 11.3 Å². The van der Waals surface area contributed by atoms with E-state index in [1.807, 2.05) is 6.07 Å². The first-order chi connectivity index (χ1) is 10.1. The zero-order valence-electron chi connectivity index (χ0n) is 12.0. The third-order valence-corrected chi connectivity index (χ3v) is 6.86. The lowest BCUT2D eigenvalue weighted by Gasteiger charge is -2.21. The van der Waals surface area contributed by atoms with Crippen LogP contribution in [0.1, 0.15) is 30.6 Å². The molecule has 21 heavy (non-hydrogen) atoms. The van der Waals surface area contributed by atoms with Gasteiger partial charge in [0.05, 0.1) is 6.61 Å². The van der Waals surface area contributed by atoms with Crippen LogP contribution >= 0.6 is 11.3 Å². The molecule has 1 aromatic heterocycles. The van der Waals surface area contributed by atoms with Gasteiger partial charge in [0, 0.05) is 30.6 Å². The van der Waals surface area contributed by atoms with Gasteiger partial charge in [0.15, 0.2) is 0 Å². The quantitative estimate of drug-likeness (QED) is 0.799. The highest BCUT2D eigenvalue weighted by atomic mass is 32.2. The Morgan fingerprint density at radius 2 is 2.14 bits per heavy atom. The van der Waals surface area contributed by atoms with Crippen molar-refractivity contribution in [3.8, 4) is 0 Å². The largest absolute Gasteiger partial charge is 0.381 e. The van der Waals surface area contributed by atoms with Crippen LogP contribution in [-0.2, 0) is 21.3 Å². The van der Waals surface area contributed by atoms with Crippen LogP contribution in [0, 0.1) is 5.92 Å². The molecule has 1 aliphatic carbocycles. The SMILES string of the molecule is O=S(=O)(NCC1CCCOC1)c1ccc(CNC2CC2)s1. The van der Waals surface area contributed by atoms with Crippen LogP contribution in [0.25, 0.3) is 0 Å². The fourth-order valence-electron chi connectivity index (χ4n) is 2.40. The minimum Gasteiger partial charge on any atom is -0.381 e. The van der Waals surface area contributed by atoms with Crippen molar-refractivity contribution in [1.29, 1.82) is 0 Å². The van der Waals surface area contributed by atoms with E-state index in [9.17, 15) is 8.42 Å². The highest BCUT2D eigenvalue weighted by Gasteiger charge is 2.22. The van der Waals surface area contributed by atoms with Gasteiger partial charge in [-0.05, 0) is 43.7 Å². The second kappa shape index (κ2) is 6.75. The van der Waals surface area contributed by atoms with E-state index in [0.29, 0.717) is 29.3 Å². The molecule has 1 aromatic rings. The van der Waals surface area contributed by atoms with Crippen LogP contribution in [0.2, 0.25) is 0 Å². The Morgan fingerprint density at radius 1 is 1.29 bits per heavy atom. The van der Waals surface area contributed by atoms with Crippen LogP contribution in [0.4, 0.5) is 0 Å². The average molecular weight is 330 g/mol. The number of hydrogen-bond acceptors (Lipinski definition) is 5. The first kappa shape index (κ1) is 15.4. The van der Waals surface area contributed by atoms with Crippen molar-refractivity contribution >= 4 is 21.4 Å². The Bertz CT molecular complexity index is 561. The summed E-state index contributed by atoms with van der Waals surface area (Å²) in [6, 6.07) is 4.24. The maximum atomic E-state index is 12.3. The Labute approximate surface area is 130 Å². The van der Waals surface area contributed by atoms with E-state index < -0.39 is 10.0 Å². The molecule has 2 fully saturated rings. The summed E-state index contributed by atoms with van der Waals surface area (Å²) in [5.74, 6) is 0.296. The minimum atomic E-state index is -3.38. The molecule has 0 radical (unpaired) electrons. The second-order valence-corrected chi connectivity index (χ2v) is 8.97. The Balaban J connectivity index is 1.53. The molecular weight excluding hydrogens is 308 g/mol. The van der Waals surface area contributed by atoms with Gasteiger partial charge < -0.3 is 10.1 Å². The van der Waals surface area contributed by atoms with Crippen LogP contribution in [0.3, 0.4) is 0 Å². The summed E-state index contributed by atoms with van der Waals surface area (Å²) < 4.78 is 33.1. The molecule has 0 aromatic carbocycles. The molecule has 1 atom stereocenters. The van der Waals surface area contributed by atoms with Crippen LogP contribution < -0.4 is 10.0 Å².